The van der Waals surface area contributed by atoms with Crippen molar-refractivity contribution < 1.29 is 13.2 Å². The fraction of sp³-hybridized carbons (Fsp3) is 0.667. The van der Waals surface area contributed by atoms with Crippen LogP contribution in [0.1, 0.15) is 68.1 Å². The van der Waals surface area contributed by atoms with Crippen LogP contribution in [0.3, 0.4) is 0 Å². The molecule has 1 amide bonds. The van der Waals surface area contributed by atoms with Crippen LogP contribution < -0.4 is 16.2 Å². The summed E-state index contributed by atoms with van der Waals surface area (Å²) in [4.78, 5) is 12.9. The molecular weight excluding hydrogens is 388 g/mol. The Bertz CT molecular complexity index is 817. The second-order valence-electron chi connectivity index (χ2n) is 8.63. The third-order valence-corrected chi connectivity index (χ3v) is 8.32. The molecule has 3 N–H and O–H groups in total. The maximum atomic E-state index is 12.8. The molecule has 2 atom stereocenters. The predicted octanol–water partition coefficient (Wildman–Crippen LogP) is 2.36. The number of carbonyl (C=O) groups is 1. The number of hydrogen-bond donors (Lipinski definition) is 3. The molecule has 0 aromatic heterocycles. The van der Waals surface area contributed by atoms with Crippen LogP contribution in [0.25, 0.3) is 0 Å². The van der Waals surface area contributed by atoms with Crippen LogP contribution in [0, 0.1) is 5.92 Å². The van der Waals surface area contributed by atoms with Gasteiger partial charge in [-0.15, -0.1) is 0 Å². The molecule has 1 saturated carbocycles. The van der Waals surface area contributed by atoms with Crippen molar-refractivity contribution in [1.82, 2.24) is 20.5 Å². The third-order valence-electron chi connectivity index (χ3n) is 6.43. The first-order chi connectivity index (χ1) is 14.0. The molecule has 1 aromatic carbocycles. The molecule has 3 aliphatic rings. The molecule has 2 heterocycles. The first-order valence-corrected chi connectivity index (χ1v) is 12.4. The van der Waals surface area contributed by atoms with Crippen molar-refractivity contribution in [1.29, 1.82) is 0 Å². The quantitative estimate of drug-likeness (QED) is 0.657. The van der Waals surface area contributed by atoms with Crippen molar-refractivity contribution in [2.75, 3.05) is 13.1 Å². The van der Waals surface area contributed by atoms with Gasteiger partial charge in [0.05, 0.1) is 11.1 Å². The summed E-state index contributed by atoms with van der Waals surface area (Å²) in [5.41, 5.74) is 6.87. The number of benzene rings is 1. The summed E-state index contributed by atoms with van der Waals surface area (Å²) >= 11 is 0. The van der Waals surface area contributed by atoms with Gasteiger partial charge in [-0.05, 0) is 49.8 Å². The van der Waals surface area contributed by atoms with Crippen LogP contribution in [0.2, 0.25) is 0 Å². The van der Waals surface area contributed by atoms with Gasteiger partial charge in [0.15, 0.2) is 0 Å². The molecule has 7 nitrogen and oxygen atoms in total. The van der Waals surface area contributed by atoms with E-state index < -0.39 is 10.0 Å². The maximum Gasteiger partial charge on any atom is 0.252 e. The number of nitrogens with one attached hydrogen (secondary N) is 3. The van der Waals surface area contributed by atoms with E-state index in [1.807, 2.05) is 0 Å². The molecule has 2 saturated heterocycles. The first-order valence-electron chi connectivity index (χ1n) is 10.9. The molecule has 29 heavy (non-hydrogen) atoms. The van der Waals surface area contributed by atoms with E-state index in [-0.39, 0.29) is 17.0 Å². The highest BCUT2D eigenvalue weighted by Crippen LogP contribution is 2.29. The lowest BCUT2D eigenvalue weighted by Crippen LogP contribution is -2.44. The molecule has 1 aromatic rings. The molecule has 4 rings (SSSR count). The van der Waals surface area contributed by atoms with Crippen molar-refractivity contribution in [3.63, 3.8) is 0 Å². The maximum absolute atomic E-state index is 12.8. The zero-order valence-corrected chi connectivity index (χ0v) is 17.7. The molecule has 0 bridgehead atoms. The summed E-state index contributed by atoms with van der Waals surface area (Å²) < 4.78 is 27.0. The fourth-order valence-electron chi connectivity index (χ4n) is 4.81. The van der Waals surface area contributed by atoms with E-state index in [4.69, 9.17) is 0 Å². The van der Waals surface area contributed by atoms with Gasteiger partial charge in [-0.1, -0.05) is 38.2 Å². The average molecular weight is 421 g/mol. The summed E-state index contributed by atoms with van der Waals surface area (Å²) in [7, 11) is -3.52. The summed E-state index contributed by atoms with van der Waals surface area (Å²) in [6.07, 6.45) is 10.3. The SMILES string of the molecule is O=C(NC1CC(CC2CCCCC2)NN1)c1cccc(S(=O)(=O)N2CCCC2)c1. The van der Waals surface area contributed by atoms with Gasteiger partial charge in [-0.2, -0.15) is 4.31 Å². The number of nitrogens with zero attached hydrogens (tertiary/aromatic N) is 1. The predicted molar refractivity (Wildman–Crippen MR) is 112 cm³/mol. The van der Waals surface area contributed by atoms with Gasteiger partial charge in [-0.25, -0.2) is 13.8 Å². The van der Waals surface area contributed by atoms with Gasteiger partial charge in [0.2, 0.25) is 10.0 Å². The highest BCUT2D eigenvalue weighted by molar-refractivity contribution is 7.89. The van der Waals surface area contributed by atoms with Crippen molar-refractivity contribution in [2.45, 2.75) is 74.9 Å². The largest absolute Gasteiger partial charge is 0.335 e. The highest BCUT2D eigenvalue weighted by atomic mass is 32.2. The standard InChI is InChI=1S/C21H32N4O3S/c26-21(22-20-15-18(23-24-20)13-16-7-2-1-3-8-16)17-9-6-10-19(14-17)29(27,28)25-11-4-5-12-25/h6,9-10,14,16,18,20,23-24H,1-5,7-8,11-13,15H2,(H,22,26). The number of sulfonamides is 1. The Morgan fingerprint density at radius 3 is 2.59 bits per heavy atom. The lowest BCUT2D eigenvalue weighted by atomic mass is 9.84. The van der Waals surface area contributed by atoms with Crippen LogP contribution in [0.5, 0.6) is 0 Å². The molecule has 8 heteroatoms. The van der Waals surface area contributed by atoms with Crippen molar-refractivity contribution >= 4 is 15.9 Å². The Morgan fingerprint density at radius 1 is 1.07 bits per heavy atom. The summed E-state index contributed by atoms with van der Waals surface area (Å²) in [6.45, 7) is 1.11. The lowest BCUT2D eigenvalue weighted by Gasteiger charge is -2.24. The number of hydrazine groups is 1. The van der Waals surface area contributed by atoms with Gasteiger partial charge in [0.25, 0.3) is 5.91 Å². The molecular formula is C21H32N4O3S. The number of hydrogen-bond acceptors (Lipinski definition) is 5. The van der Waals surface area contributed by atoms with Gasteiger partial charge >= 0.3 is 0 Å². The fourth-order valence-corrected chi connectivity index (χ4v) is 6.38. The van der Waals surface area contributed by atoms with Crippen LogP contribution in [-0.2, 0) is 10.0 Å². The van der Waals surface area contributed by atoms with E-state index in [9.17, 15) is 13.2 Å². The van der Waals surface area contributed by atoms with Crippen molar-refractivity contribution in [2.24, 2.45) is 5.92 Å². The molecule has 0 spiro atoms. The number of carbonyl (C=O) groups excluding carboxylic acids is 1. The average Bonchev–Trinajstić information content (AvgIpc) is 3.42. The number of amides is 1. The van der Waals surface area contributed by atoms with E-state index in [1.54, 1.807) is 18.2 Å². The minimum absolute atomic E-state index is 0.144. The summed E-state index contributed by atoms with van der Waals surface area (Å²) in [5, 5.41) is 2.99. The van der Waals surface area contributed by atoms with E-state index >= 15 is 0 Å². The second kappa shape index (κ2) is 9.12. The van der Waals surface area contributed by atoms with Gasteiger partial charge in [-0.3, -0.25) is 10.2 Å². The van der Waals surface area contributed by atoms with Crippen LogP contribution in [0.4, 0.5) is 0 Å². The van der Waals surface area contributed by atoms with Crippen molar-refractivity contribution in [3.8, 4) is 0 Å². The van der Waals surface area contributed by atoms with E-state index in [0.29, 0.717) is 24.7 Å². The van der Waals surface area contributed by atoms with Crippen LogP contribution in [0.15, 0.2) is 29.2 Å². The number of rotatable bonds is 6. The highest BCUT2D eigenvalue weighted by Gasteiger charge is 2.30. The Balaban J connectivity index is 1.34. The summed E-state index contributed by atoms with van der Waals surface area (Å²) in [6, 6.07) is 6.74. The molecule has 160 valence electrons. The third kappa shape index (κ3) is 4.99. The van der Waals surface area contributed by atoms with E-state index in [2.05, 4.69) is 16.2 Å². The smallest absolute Gasteiger partial charge is 0.252 e. The first kappa shape index (κ1) is 20.8. The van der Waals surface area contributed by atoms with Crippen LogP contribution in [-0.4, -0.2) is 43.9 Å². The molecule has 0 radical (unpaired) electrons. The van der Waals surface area contributed by atoms with E-state index in [1.165, 1.54) is 42.5 Å². The molecule has 3 fully saturated rings. The second-order valence-corrected chi connectivity index (χ2v) is 10.6. The monoisotopic (exact) mass is 420 g/mol. The Kier molecular flexibility index (Phi) is 6.53. The lowest BCUT2D eigenvalue weighted by molar-refractivity contribution is 0.0932. The van der Waals surface area contributed by atoms with Crippen molar-refractivity contribution in [3.05, 3.63) is 29.8 Å². The Hall–Kier alpha value is -1.48. The normalized spacial score (nSPS) is 26.6. The molecule has 1 aliphatic carbocycles. The minimum Gasteiger partial charge on any atom is -0.335 e. The molecule has 2 unspecified atom stereocenters. The topological polar surface area (TPSA) is 90.5 Å². The Morgan fingerprint density at radius 2 is 1.83 bits per heavy atom. The Labute approximate surface area is 173 Å². The van der Waals surface area contributed by atoms with Gasteiger partial charge in [0.1, 0.15) is 0 Å². The summed E-state index contributed by atoms with van der Waals surface area (Å²) in [5.74, 6) is 0.533. The minimum atomic E-state index is -3.52. The zero-order chi connectivity index (χ0) is 20.3. The van der Waals surface area contributed by atoms with Gasteiger partial charge in [0, 0.05) is 24.7 Å². The molecule has 2 aliphatic heterocycles. The zero-order valence-electron chi connectivity index (χ0n) is 16.9. The van der Waals surface area contributed by atoms with Gasteiger partial charge < -0.3 is 5.32 Å². The van der Waals surface area contributed by atoms with E-state index in [0.717, 1.165) is 31.6 Å². The van der Waals surface area contributed by atoms with Crippen LogP contribution >= 0.6 is 0 Å².